The number of hydrogen-bond donors (Lipinski definition) is 0. The second-order valence-corrected chi connectivity index (χ2v) is 4.59. The monoisotopic (exact) mass is 262 g/mol. The number of rotatable bonds is 4. The van der Waals surface area contributed by atoms with Crippen molar-refractivity contribution in [1.29, 1.82) is 0 Å². The van der Waals surface area contributed by atoms with Gasteiger partial charge in [-0.2, -0.15) is 0 Å². The molecule has 2 heterocycles. The molecule has 1 aromatic heterocycles. The molecule has 1 unspecified atom stereocenters. The Labute approximate surface area is 112 Å². The second kappa shape index (κ2) is 6.31. The number of aldehydes is 1. The lowest BCUT2D eigenvalue weighted by Gasteiger charge is -2.33. The smallest absolute Gasteiger partial charge is 0.310 e. The predicted octanol–water partition coefficient (Wildman–Crippen LogP) is 1.67. The van der Waals surface area contributed by atoms with Gasteiger partial charge in [0.2, 0.25) is 0 Å². The number of piperidine rings is 1. The molecular formula is C14H18N2O3. The molecule has 1 aromatic rings. The number of aromatic nitrogens is 1. The molecule has 0 aromatic carbocycles. The summed E-state index contributed by atoms with van der Waals surface area (Å²) >= 11 is 0. The normalized spacial score (nSPS) is 19.0. The first-order valence-electron chi connectivity index (χ1n) is 6.57. The van der Waals surface area contributed by atoms with Crippen molar-refractivity contribution in [3.05, 3.63) is 24.0 Å². The number of pyridine rings is 1. The molecular weight excluding hydrogens is 244 g/mol. The number of esters is 1. The van der Waals surface area contributed by atoms with Gasteiger partial charge in [-0.1, -0.05) is 0 Å². The standard InChI is InChI=1S/C14H18N2O3/c1-2-19-14(18)11-4-3-7-16(9-11)13-5-6-15-12(8-13)10-17/h5-6,8,10-11H,2-4,7,9H2,1H3. The van der Waals surface area contributed by atoms with E-state index in [-0.39, 0.29) is 11.9 Å². The lowest BCUT2D eigenvalue weighted by Crippen LogP contribution is -2.39. The fourth-order valence-electron chi connectivity index (χ4n) is 2.36. The third-order valence-corrected chi connectivity index (χ3v) is 3.29. The molecule has 0 aliphatic carbocycles. The molecule has 5 heteroatoms. The summed E-state index contributed by atoms with van der Waals surface area (Å²) in [7, 11) is 0. The van der Waals surface area contributed by atoms with Crippen LogP contribution in [-0.4, -0.2) is 36.9 Å². The van der Waals surface area contributed by atoms with Crippen molar-refractivity contribution >= 4 is 17.9 Å². The van der Waals surface area contributed by atoms with Gasteiger partial charge in [0.05, 0.1) is 12.5 Å². The van der Waals surface area contributed by atoms with Crippen LogP contribution in [0.4, 0.5) is 5.69 Å². The Morgan fingerprint density at radius 1 is 1.63 bits per heavy atom. The Kier molecular flexibility index (Phi) is 4.49. The first-order chi connectivity index (χ1) is 9.24. The average molecular weight is 262 g/mol. The van der Waals surface area contributed by atoms with Crippen LogP contribution in [0, 0.1) is 5.92 Å². The quantitative estimate of drug-likeness (QED) is 0.610. The lowest BCUT2D eigenvalue weighted by atomic mass is 9.98. The average Bonchev–Trinajstić information content (AvgIpc) is 2.48. The van der Waals surface area contributed by atoms with Gasteiger partial charge in [-0.25, -0.2) is 0 Å². The number of hydrogen-bond acceptors (Lipinski definition) is 5. The number of ether oxygens (including phenoxy) is 1. The highest BCUT2D eigenvalue weighted by molar-refractivity contribution is 5.75. The van der Waals surface area contributed by atoms with E-state index in [1.807, 2.05) is 13.0 Å². The summed E-state index contributed by atoms with van der Waals surface area (Å²) in [6.45, 7) is 3.76. The molecule has 0 radical (unpaired) electrons. The second-order valence-electron chi connectivity index (χ2n) is 4.59. The summed E-state index contributed by atoms with van der Waals surface area (Å²) in [4.78, 5) is 28.6. The van der Waals surface area contributed by atoms with Gasteiger partial charge in [0.15, 0.2) is 6.29 Å². The van der Waals surface area contributed by atoms with Crippen LogP contribution in [0.15, 0.2) is 18.3 Å². The molecule has 0 bridgehead atoms. The van der Waals surface area contributed by atoms with Gasteiger partial charge in [-0.05, 0) is 31.9 Å². The van der Waals surface area contributed by atoms with E-state index in [1.165, 1.54) is 0 Å². The molecule has 102 valence electrons. The van der Waals surface area contributed by atoms with Gasteiger partial charge in [0, 0.05) is 25.0 Å². The molecule has 0 saturated carbocycles. The van der Waals surface area contributed by atoms with E-state index in [2.05, 4.69) is 9.88 Å². The van der Waals surface area contributed by atoms with Crippen LogP contribution in [0.3, 0.4) is 0 Å². The zero-order valence-corrected chi connectivity index (χ0v) is 11.0. The number of anilines is 1. The Morgan fingerprint density at radius 2 is 2.47 bits per heavy atom. The minimum atomic E-state index is -0.128. The van der Waals surface area contributed by atoms with E-state index >= 15 is 0 Å². The van der Waals surface area contributed by atoms with Crippen LogP contribution >= 0.6 is 0 Å². The van der Waals surface area contributed by atoms with E-state index in [4.69, 9.17) is 4.74 Å². The summed E-state index contributed by atoms with van der Waals surface area (Å²) in [5.41, 5.74) is 1.35. The Balaban J connectivity index is 2.07. The third kappa shape index (κ3) is 3.30. The van der Waals surface area contributed by atoms with E-state index in [1.54, 1.807) is 12.3 Å². The summed E-state index contributed by atoms with van der Waals surface area (Å²) in [6.07, 6.45) is 4.16. The zero-order chi connectivity index (χ0) is 13.7. The van der Waals surface area contributed by atoms with Gasteiger partial charge >= 0.3 is 5.97 Å². The van der Waals surface area contributed by atoms with Crippen LogP contribution in [0.5, 0.6) is 0 Å². The highest BCUT2D eigenvalue weighted by Gasteiger charge is 2.27. The fourth-order valence-corrected chi connectivity index (χ4v) is 2.36. The van der Waals surface area contributed by atoms with Crippen molar-refractivity contribution in [3.63, 3.8) is 0 Å². The van der Waals surface area contributed by atoms with Gasteiger partial charge < -0.3 is 9.64 Å². The minimum absolute atomic E-state index is 0.0819. The molecule has 2 rings (SSSR count). The summed E-state index contributed by atoms with van der Waals surface area (Å²) in [6, 6.07) is 3.61. The number of carbonyl (C=O) groups excluding carboxylic acids is 2. The Hall–Kier alpha value is -1.91. The first-order valence-corrected chi connectivity index (χ1v) is 6.57. The molecule has 19 heavy (non-hydrogen) atoms. The number of carbonyl (C=O) groups is 2. The van der Waals surface area contributed by atoms with Gasteiger partial charge in [0.25, 0.3) is 0 Å². The maximum absolute atomic E-state index is 11.8. The van der Waals surface area contributed by atoms with E-state index in [0.29, 0.717) is 18.8 Å². The van der Waals surface area contributed by atoms with Crippen molar-refractivity contribution in [3.8, 4) is 0 Å². The molecule has 0 spiro atoms. The molecule has 1 saturated heterocycles. The van der Waals surface area contributed by atoms with Crippen molar-refractivity contribution in [1.82, 2.24) is 4.98 Å². The van der Waals surface area contributed by atoms with Gasteiger partial charge in [-0.15, -0.1) is 0 Å². The predicted molar refractivity (Wildman–Crippen MR) is 71.2 cm³/mol. The minimum Gasteiger partial charge on any atom is -0.466 e. The van der Waals surface area contributed by atoms with Crippen molar-refractivity contribution in [2.45, 2.75) is 19.8 Å². The number of nitrogens with zero attached hydrogens (tertiary/aromatic N) is 2. The van der Waals surface area contributed by atoms with Crippen LogP contribution in [0.2, 0.25) is 0 Å². The summed E-state index contributed by atoms with van der Waals surface area (Å²) in [5, 5.41) is 0. The molecule has 5 nitrogen and oxygen atoms in total. The lowest BCUT2D eigenvalue weighted by molar-refractivity contribution is -0.148. The van der Waals surface area contributed by atoms with Crippen molar-refractivity contribution < 1.29 is 14.3 Å². The summed E-state index contributed by atoms with van der Waals surface area (Å²) < 4.78 is 5.08. The van der Waals surface area contributed by atoms with Crippen LogP contribution in [0.1, 0.15) is 30.3 Å². The SMILES string of the molecule is CCOC(=O)C1CCCN(c2ccnc(C=O)c2)C1. The van der Waals surface area contributed by atoms with E-state index < -0.39 is 0 Å². The molecule has 0 amide bonds. The molecule has 1 atom stereocenters. The maximum Gasteiger partial charge on any atom is 0.310 e. The third-order valence-electron chi connectivity index (χ3n) is 3.29. The van der Waals surface area contributed by atoms with E-state index in [0.717, 1.165) is 31.4 Å². The van der Waals surface area contributed by atoms with Crippen molar-refractivity contribution in [2.24, 2.45) is 5.92 Å². The van der Waals surface area contributed by atoms with Gasteiger partial charge in [0.1, 0.15) is 5.69 Å². The van der Waals surface area contributed by atoms with Crippen LogP contribution in [-0.2, 0) is 9.53 Å². The van der Waals surface area contributed by atoms with Crippen LogP contribution < -0.4 is 4.90 Å². The fraction of sp³-hybridized carbons (Fsp3) is 0.500. The molecule has 1 aliphatic rings. The largest absolute Gasteiger partial charge is 0.466 e. The Morgan fingerprint density at radius 3 is 3.21 bits per heavy atom. The topological polar surface area (TPSA) is 59.5 Å². The molecule has 1 aliphatic heterocycles. The zero-order valence-electron chi connectivity index (χ0n) is 11.0. The van der Waals surface area contributed by atoms with Crippen LogP contribution in [0.25, 0.3) is 0 Å². The van der Waals surface area contributed by atoms with Crippen molar-refractivity contribution in [2.75, 3.05) is 24.6 Å². The highest BCUT2D eigenvalue weighted by atomic mass is 16.5. The van der Waals surface area contributed by atoms with E-state index in [9.17, 15) is 9.59 Å². The molecule has 1 fully saturated rings. The van der Waals surface area contributed by atoms with Gasteiger partial charge in [-0.3, -0.25) is 14.6 Å². The molecule has 0 N–H and O–H groups in total. The first kappa shape index (κ1) is 13.5. The maximum atomic E-state index is 11.8. The highest BCUT2D eigenvalue weighted by Crippen LogP contribution is 2.23. The summed E-state index contributed by atoms with van der Waals surface area (Å²) in [5.74, 6) is -0.210. The Bertz CT molecular complexity index is 462.